The normalized spacial score (nSPS) is 17.5. The Morgan fingerprint density at radius 3 is 2.72 bits per heavy atom. The number of allylic oxidation sites excluding steroid dienone is 2. The first-order valence-corrected chi connectivity index (χ1v) is 6.82. The summed E-state index contributed by atoms with van der Waals surface area (Å²) in [5, 5.41) is 3.58. The van der Waals surface area contributed by atoms with Gasteiger partial charge in [0.05, 0.1) is 0 Å². The molecule has 0 unspecified atom stereocenters. The number of hydrogen-bond acceptors (Lipinski definition) is 2. The predicted molar refractivity (Wildman–Crippen MR) is 76.7 cm³/mol. The number of hydrogen-bond donors (Lipinski definition) is 1. The summed E-state index contributed by atoms with van der Waals surface area (Å²) in [5.41, 5.74) is 2.87. The fraction of sp³-hybridized carbons (Fsp3) is 0.438. The van der Waals surface area contributed by atoms with E-state index in [1.54, 1.807) is 0 Å². The predicted octanol–water partition coefficient (Wildman–Crippen LogP) is 4.03. The third-order valence-corrected chi connectivity index (χ3v) is 3.61. The topological polar surface area (TPSA) is 29.1 Å². The van der Waals surface area contributed by atoms with Gasteiger partial charge in [-0.1, -0.05) is 37.5 Å². The number of carbonyl (C=O) groups is 1. The average Bonchev–Trinajstić information content (AvgIpc) is 2.42. The van der Waals surface area contributed by atoms with Crippen molar-refractivity contribution in [3.05, 3.63) is 35.9 Å². The molecule has 0 radical (unpaired) electrons. The molecular weight excluding hydrogens is 222 g/mol. The van der Waals surface area contributed by atoms with E-state index in [1.807, 2.05) is 25.1 Å². The highest BCUT2D eigenvalue weighted by molar-refractivity contribution is 6.06. The molecular formula is C16H21NO. The van der Waals surface area contributed by atoms with Crippen molar-refractivity contribution in [2.75, 3.05) is 5.32 Å². The highest BCUT2D eigenvalue weighted by Gasteiger charge is 2.13. The Bertz CT molecular complexity index is 430. The molecule has 0 spiro atoms. The van der Waals surface area contributed by atoms with Crippen LogP contribution >= 0.6 is 0 Å². The number of carbonyl (C=O) groups excluding carboxylic acids is 1. The van der Waals surface area contributed by atoms with Crippen molar-refractivity contribution in [3.8, 4) is 0 Å². The Labute approximate surface area is 109 Å². The fourth-order valence-electron chi connectivity index (χ4n) is 2.57. The molecule has 0 aromatic heterocycles. The van der Waals surface area contributed by atoms with Gasteiger partial charge in [-0.3, -0.25) is 4.79 Å². The smallest absolute Gasteiger partial charge is 0.150 e. The Balaban J connectivity index is 2.09. The quantitative estimate of drug-likeness (QED) is 0.639. The summed E-state index contributed by atoms with van der Waals surface area (Å²) in [4.78, 5) is 10.9. The molecule has 2 heteroatoms. The second kappa shape index (κ2) is 6.39. The van der Waals surface area contributed by atoms with Gasteiger partial charge in [0, 0.05) is 17.3 Å². The molecule has 0 saturated heterocycles. The van der Waals surface area contributed by atoms with Crippen LogP contribution in [-0.2, 0) is 4.79 Å². The van der Waals surface area contributed by atoms with E-state index in [2.05, 4.69) is 17.4 Å². The van der Waals surface area contributed by atoms with Crippen molar-refractivity contribution in [3.63, 3.8) is 0 Å². The first-order valence-electron chi connectivity index (χ1n) is 6.82. The van der Waals surface area contributed by atoms with Gasteiger partial charge in [0.1, 0.15) is 6.29 Å². The maximum atomic E-state index is 10.9. The van der Waals surface area contributed by atoms with E-state index in [-0.39, 0.29) is 0 Å². The van der Waals surface area contributed by atoms with E-state index in [1.165, 1.54) is 32.1 Å². The molecule has 1 fully saturated rings. The van der Waals surface area contributed by atoms with Crippen LogP contribution in [0.4, 0.5) is 5.69 Å². The van der Waals surface area contributed by atoms with E-state index in [9.17, 15) is 4.79 Å². The molecule has 1 aliphatic carbocycles. The molecule has 1 aromatic rings. The van der Waals surface area contributed by atoms with E-state index in [4.69, 9.17) is 0 Å². The first kappa shape index (κ1) is 12.9. The van der Waals surface area contributed by atoms with Crippen molar-refractivity contribution >= 4 is 17.5 Å². The van der Waals surface area contributed by atoms with Gasteiger partial charge < -0.3 is 5.32 Å². The summed E-state index contributed by atoms with van der Waals surface area (Å²) >= 11 is 0. The van der Waals surface area contributed by atoms with Crippen molar-refractivity contribution in [2.24, 2.45) is 0 Å². The molecule has 0 bridgehead atoms. The van der Waals surface area contributed by atoms with Gasteiger partial charge in [0.15, 0.2) is 0 Å². The maximum absolute atomic E-state index is 10.9. The minimum atomic E-state index is 0.597. The highest BCUT2D eigenvalue weighted by atomic mass is 16.1. The molecule has 1 saturated carbocycles. The number of anilines is 1. The zero-order valence-electron chi connectivity index (χ0n) is 11.0. The van der Waals surface area contributed by atoms with Crippen LogP contribution in [0.25, 0.3) is 5.57 Å². The minimum Gasteiger partial charge on any atom is -0.382 e. The lowest BCUT2D eigenvalue weighted by atomic mass is 9.95. The van der Waals surface area contributed by atoms with Gasteiger partial charge in [-0.05, 0) is 37.5 Å². The van der Waals surface area contributed by atoms with Gasteiger partial charge in [0.25, 0.3) is 0 Å². The van der Waals surface area contributed by atoms with Gasteiger partial charge in [-0.15, -0.1) is 0 Å². The van der Waals surface area contributed by atoms with Crippen LogP contribution in [0.5, 0.6) is 0 Å². The number of rotatable bonds is 4. The average molecular weight is 243 g/mol. The molecule has 1 aromatic carbocycles. The van der Waals surface area contributed by atoms with Crippen LogP contribution < -0.4 is 5.32 Å². The van der Waals surface area contributed by atoms with E-state index in [0.717, 1.165) is 23.1 Å². The minimum absolute atomic E-state index is 0.597. The van der Waals surface area contributed by atoms with Gasteiger partial charge >= 0.3 is 0 Å². The van der Waals surface area contributed by atoms with Gasteiger partial charge in [-0.2, -0.15) is 0 Å². The molecule has 0 atom stereocenters. The van der Waals surface area contributed by atoms with Crippen molar-refractivity contribution in [2.45, 2.75) is 45.1 Å². The van der Waals surface area contributed by atoms with E-state index in [0.29, 0.717) is 6.04 Å². The molecule has 0 heterocycles. The number of benzene rings is 1. The summed E-state index contributed by atoms with van der Waals surface area (Å²) in [6, 6.07) is 8.73. The molecule has 2 rings (SSSR count). The summed E-state index contributed by atoms with van der Waals surface area (Å²) in [7, 11) is 0. The standard InChI is InChI=1S/C16H21NO/c1-2-13(12-18)14-7-6-10-16(11-14)17-15-8-4-3-5-9-15/h2,6-7,10-12,15,17H,3-5,8-9H2,1H3/b13-2-. The third-order valence-electron chi connectivity index (χ3n) is 3.61. The van der Waals surface area contributed by atoms with Crippen molar-refractivity contribution in [1.82, 2.24) is 0 Å². The summed E-state index contributed by atoms with van der Waals surface area (Å²) in [6.45, 7) is 1.89. The summed E-state index contributed by atoms with van der Waals surface area (Å²) < 4.78 is 0. The third kappa shape index (κ3) is 3.22. The summed E-state index contributed by atoms with van der Waals surface area (Å²) in [6.07, 6.45) is 9.30. The zero-order valence-corrected chi connectivity index (χ0v) is 11.0. The second-order valence-corrected chi connectivity index (χ2v) is 4.92. The second-order valence-electron chi connectivity index (χ2n) is 4.92. The molecule has 96 valence electrons. The Morgan fingerprint density at radius 1 is 1.28 bits per heavy atom. The van der Waals surface area contributed by atoms with E-state index < -0.39 is 0 Å². The maximum Gasteiger partial charge on any atom is 0.150 e. The van der Waals surface area contributed by atoms with Crippen LogP contribution in [0.15, 0.2) is 30.3 Å². The molecule has 1 N–H and O–H groups in total. The fourth-order valence-corrected chi connectivity index (χ4v) is 2.57. The van der Waals surface area contributed by atoms with Crippen LogP contribution in [0, 0.1) is 0 Å². The Hall–Kier alpha value is -1.57. The Morgan fingerprint density at radius 2 is 2.06 bits per heavy atom. The molecule has 18 heavy (non-hydrogen) atoms. The lowest BCUT2D eigenvalue weighted by molar-refractivity contribution is -0.103. The largest absolute Gasteiger partial charge is 0.382 e. The van der Waals surface area contributed by atoms with Gasteiger partial charge in [0.2, 0.25) is 0 Å². The number of nitrogens with one attached hydrogen (secondary N) is 1. The first-order chi connectivity index (χ1) is 8.83. The van der Waals surface area contributed by atoms with Crippen molar-refractivity contribution < 1.29 is 4.79 Å². The monoisotopic (exact) mass is 243 g/mol. The van der Waals surface area contributed by atoms with Crippen LogP contribution in [-0.4, -0.2) is 12.3 Å². The molecule has 0 amide bonds. The lowest BCUT2D eigenvalue weighted by Gasteiger charge is -2.24. The van der Waals surface area contributed by atoms with Gasteiger partial charge in [-0.25, -0.2) is 0 Å². The van der Waals surface area contributed by atoms with Crippen LogP contribution in [0.2, 0.25) is 0 Å². The molecule has 0 aliphatic heterocycles. The summed E-state index contributed by atoms with van der Waals surface area (Å²) in [5.74, 6) is 0. The zero-order chi connectivity index (χ0) is 12.8. The van der Waals surface area contributed by atoms with Crippen LogP contribution in [0.3, 0.4) is 0 Å². The van der Waals surface area contributed by atoms with Crippen LogP contribution in [0.1, 0.15) is 44.6 Å². The molecule has 2 nitrogen and oxygen atoms in total. The number of aldehydes is 1. The molecule has 1 aliphatic rings. The van der Waals surface area contributed by atoms with Crippen molar-refractivity contribution in [1.29, 1.82) is 0 Å². The Kier molecular flexibility index (Phi) is 4.57. The lowest BCUT2D eigenvalue weighted by Crippen LogP contribution is -2.22. The van der Waals surface area contributed by atoms with E-state index >= 15 is 0 Å². The SMILES string of the molecule is C/C=C(/C=O)c1cccc(NC2CCCCC2)c1. The highest BCUT2D eigenvalue weighted by Crippen LogP contribution is 2.23.